The van der Waals surface area contributed by atoms with Crippen LogP contribution in [0.25, 0.3) is 0 Å². The normalized spacial score (nSPS) is 19.8. The lowest BCUT2D eigenvalue weighted by Gasteiger charge is -2.25. The molecule has 3 rings (SSSR count). The highest BCUT2D eigenvalue weighted by Gasteiger charge is 2.35. The fraction of sp³-hybridized carbons (Fsp3) is 0.500. The lowest BCUT2D eigenvalue weighted by atomic mass is 9.83. The third-order valence-corrected chi connectivity index (χ3v) is 9.02. The van der Waals surface area contributed by atoms with E-state index in [0.717, 1.165) is 32.4 Å². The summed E-state index contributed by atoms with van der Waals surface area (Å²) in [7, 11) is -1.86. The smallest absolute Gasteiger partial charge is 0.252 e. The maximum absolute atomic E-state index is 12.6. The van der Waals surface area contributed by atoms with Crippen molar-refractivity contribution in [2.24, 2.45) is 5.41 Å². The molecular weight excluding hydrogens is 404 g/mol. The molecule has 1 aliphatic rings. The number of amides is 1. The zero-order chi connectivity index (χ0) is 20.9. The van der Waals surface area contributed by atoms with Crippen LogP contribution in [-0.4, -0.2) is 50.2 Å². The van der Waals surface area contributed by atoms with E-state index in [0.29, 0.717) is 23.6 Å². The maximum Gasteiger partial charge on any atom is 0.252 e. The molecule has 1 atom stereocenters. The summed E-state index contributed by atoms with van der Waals surface area (Å²) in [6.07, 6.45) is 4.06. The molecule has 0 N–H and O–H groups in total. The number of rotatable bonds is 9. The molecular formula is C22H30N2O3S2. The van der Waals surface area contributed by atoms with E-state index < -0.39 is 10.0 Å². The Kier molecular flexibility index (Phi) is 7.14. The third-order valence-electron chi connectivity index (χ3n) is 5.79. The van der Waals surface area contributed by atoms with Crippen LogP contribution in [0.2, 0.25) is 0 Å². The minimum Gasteiger partial charge on any atom is -0.342 e. The summed E-state index contributed by atoms with van der Waals surface area (Å²) in [6, 6.07) is 13.8. The molecule has 1 aromatic heterocycles. The standard InChI is InChI=1S/C22H30N2O3S2/c1-22(13-12-19-8-4-3-5-9-19)14-16-24(18-22)20(25)10-6-15-23(2)29(26,27)21-11-7-17-28-21/h3-5,7-9,11,17H,6,10,12-16,18H2,1-2H3/t22-/m0/s1. The average Bonchev–Trinajstić information content (AvgIpc) is 3.38. The van der Waals surface area contributed by atoms with Gasteiger partial charge in [-0.05, 0) is 48.1 Å². The van der Waals surface area contributed by atoms with E-state index >= 15 is 0 Å². The van der Waals surface area contributed by atoms with E-state index in [4.69, 9.17) is 0 Å². The predicted molar refractivity (Wildman–Crippen MR) is 117 cm³/mol. The zero-order valence-corrected chi connectivity index (χ0v) is 18.8. The van der Waals surface area contributed by atoms with Crippen LogP contribution in [0.3, 0.4) is 0 Å². The molecule has 5 nitrogen and oxygen atoms in total. The van der Waals surface area contributed by atoms with E-state index in [-0.39, 0.29) is 11.3 Å². The Morgan fingerprint density at radius 1 is 1.21 bits per heavy atom. The molecule has 1 aliphatic heterocycles. The highest BCUT2D eigenvalue weighted by Crippen LogP contribution is 2.35. The topological polar surface area (TPSA) is 57.7 Å². The van der Waals surface area contributed by atoms with Crippen molar-refractivity contribution in [2.75, 3.05) is 26.7 Å². The Hall–Kier alpha value is -1.70. The molecule has 0 unspecified atom stereocenters. The molecule has 1 aromatic carbocycles. The first kappa shape index (κ1) is 22.0. The minimum atomic E-state index is -3.44. The number of hydrogen-bond donors (Lipinski definition) is 0. The summed E-state index contributed by atoms with van der Waals surface area (Å²) in [4.78, 5) is 14.6. The number of carbonyl (C=O) groups excluding carboxylic acids is 1. The first-order valence-corrected chi connectivity index (χ1v) is 12.4. The maximum atomic E-state index is 12.6. The predicted octanol–water partition coefficient (Wildman–Crippen LogP) is 4.02. The van der Waals surface area contributed by atoms with Crippen LogP contribution in [0.4, 0.5) is 0 Å². The number of likely N-dealkylation sites (tertiary alicyclic amines) is 1. The summed E-state index contributed by atoms with van der Waals surface area (Å²) in [5.41, 5.74) is 1.50. The number of thiophene rings is 1. The van der Waals surface area contributed by atoms with Crippen molar-refractivity contribution in [2.45, 2.75) is 43.2 Å². The van der Waals surface area contributed by atoms with Gasteiger partial charge in [-0.3, -0.25) is 4.79 Å². The van der Waals surface area contributed by atoms with Crippen molar-refractivity contribution < 1.29 is 13.2 Å². The van der Waals surface area contributed by atoms with Gasteiger partial charge in [0.15, 0.2) is 0 Å². The van der Waals surface area contributed by atoms with Gasteiger partial charge in [0, 0.05) is 33.1 Å². The van der Waals surface area contributed by atoms with Gasteiger partial charge in [0.25, 0.3) is 10.0 Å². The van der Waals surface area contributed by atoms with E-state index in [1.165, 1.54) is 21.2 Å². The summed E-state index contributed by atoms with van der Waals surface area (Å²) in [6.45, 7) is 4.21. The Morgan fingerprint density at radius 2 is 1.97 bits per heavy atom. The summed E-state index contributed by atoms with van der Waals surface area (Å²) in [5.74, 6) is 0.135. The molecule has 2 heterocycles. The summed E-state index contributed by atoms with van der Waals surface area (Å²) >= 11 is 1.22. The lowest BCUT2D eigenvalue weighted by Crippen LogP contribution is -2.32. The number of hydrogen-bond acceptors (Lipinski definition) is 4. The van der Waals surface area contributed by atoms with Gasteiger partial charge in [0.2, 0.25) is 5.91 Å². The summed E-state index contributed by atoms with van der Waals surface area (Å²) < 4.78 is 26.6. The van der Waals surface area contributed by atoms with E-state index in [9.17, 15) is 13.2 Å². The molecule has 7 heteroatoms. The Balaban J connectivity index is 1.43. The molecule has 29 heavy (non-hydrogen) atoms. The van der Waals surface area contributed by atoms with Crippen LogP contribution < -0.4 is 0 Å². The number of benzene rings is 1. The van der Waals surface area contributed by atoms with Crippen molar-refractivity contribution in [3.05, 3.63) is 53.4 Å². The molecule has 1 fully saturated rings. The van der Waals surface area contributed by atoms with Crippen molar-refractivity contribution in [3.8, 4) is 0 Å². The molecule has 1 saturated heterocycles. The van der Waals surface area contributed by atoms with E-state index in [1.807, 2.05) is 11.0 Å². The second-order valence-corrected chi connectivity index (χ2v) is 11.4. The number of aryl methyl sites for hydroxylation is 1. The van der Waals surface area contributed by atoms with E-state index in [1.54, 1.807) is 24.6 Å². The van der Waals surface area contributed by atoms with Gasteiger partial charge in [0.1, 0.15) is 4.21 Å². The van der Waals surface area contributed by atoms with Gasteiger partial charge >= 0.3 is 0 Å². The van der Waals surface area contributed by atoms with Crippen molar-refractivity contribution in [3.63, 3.8) is 0 Å². The Morgan fingerprint density at radius 3 is 2.66 bits per heavy atom. The van der Waals surface area contributed by atoms with Gasteiger partial charge < -0.3 is 4.90 Å². The molecule has 0 spiro atoms. The lowest BCUT2D eigenvalue weighted by molar-refractivity contribution is -0.130. The zero-order valence-electron chi connectivity index (χ0n) is 17.2. The van der Waals surface area contributed by atoms with Gasteiger partial charge in [-0.15, -0.1) is 11.3 Å². The first-order valence-electron chi connectivity index (χ1n) is 10.1. The highest BCUT2D eigenvalue weighted by molar-refractivity contribution is 7.91. The van der Waals surface area contributed by atoms with Crippen LogP contribution in [0.1, 0.15) is 38.2 Å². The van der Waals surface area contributed by atoms with Crippen molar-refractivity contribution in [1.82, 2.24) is 9.21 Å². The SMILES string of the molecule is CN(CCCC(=O)N1CC[C@](C)(CCc2ccccc2)C1)S(=O)(=O)c1cccs1. The van der Waals surface area contributed by atoms with E-state index in [2.05, 4.69) is 31.2 Å². The fourth-order valence-corrected chi connectivity index (χ4v) is 6.24. The van der Waals surface area contributed by atoms with Gasteiger partial charge in [0.05, 0.1) is 0 Å². The van der Waals surface area contributed by atoms with Crippen molar-refractivity contribution in [1.29, 1.82) is 0 Å². The Labute approximate surface area is 178 Å². The molecule has 0 aliphatic carbocycles. The molecule has 158 valence electrons. The molecule has 0 saturated carbocycles. The number of nitrogens with zero attached hydrogens (tertiary/aromatic N) is 2. The monoisotopic (exact) mass is 434 g/mol. The largest absolute Gasteiger partial charge is 0.342 e. The minimum absolute atomic E-state index is 0.135. The quantitative estimate of drug-likeness (QED) is 0.599. The molecule has 2 aromatic rings. The number of sulfonamides is 1. The second-order valence-electron chi connectivity index (χ2n) is 8.22. The number of carbonyl (C=O) groups is 1. The second kappa shape index (κ2) is 9.41. The molecule has 0 radical (unpaired) electrons. The van der Waals surface area contributed by atoms with Gasteiger partial charge in [-0.2, -0.15) is 0 Å². The van der Waals surface area contributed by atoms with Gasteiger partial charge in [-0.1, -0.05) is 43.3 Å². The van der Waals surface area contributed by atoms with Crippen LogP contribution in [0.5, 0.6) is 0 Å². The van der Waals surface area contributed by atoms with Crippen LogP contribution >= 0.6 is 11.3 Å². The van der Waals surface area contributed by atoms with Crippen LogP contribution in [-0.2, 0) is 21.2 Å². The first-order chi connectivity index (χ1) is 13.8. The molecule has 1 amide bonds. The van der Waals surface area contributed by atoms with Crippen LogP contribution in [0, 0.1) is 5.41 Å². The summed E-state index contributed by atoms with van der Waals surface area (Å²) in [5, 5.41) is 1.76. The van der Waals surface area contributed by atoms with Gasteiger partial charge in [-0.25, -0.2) is 12.7 Å². The van der Waals surface area contributed by atoms with Crippen molar-refractivity contribution >= 4 is 27.3 Å². The average molecular weight is 435 g/mol. The fourth-order valence-electron chi connectivity index (χ4n) is 3.83. The Bertz CT molecular complexity index is 897. The third kappa shape index (κ3) is 5.68. The van der Waals surface area contributed by atoms with Crippen LogP contribution in [0.15, 0.2) is 52.1 Å². The highest BCUT2D eigenvalue weighted by atomic mass is 32.2. The molecule has 0 bridgehead atoms.